The highest BCUT2D eigenvalue weighted by Crippen LogP contribution is 2.20. The maximum Gasteiger partial charge on any atom is 0.340 e. The van der Waals surface area contributed by atoms with Crippen LogP contribution in [0.15, 0.2) is 68.4 Å². The van der Waals surface area contributed by atoms with E-state index < -0.39 is 11.9 Å². The van der Waals surface area contributed by atoms with Crippen molar-refractivity contribution < 1.29 is 23.3 Å². The minimum Gasteiger partial charge on any atom is -0.459 e. The van der Waals surface area contributed by atoms with Gasteiger partial charge < -0.3 is 19.0 Å². The summed E-state index contributed by atoms with van der Waals surface area (Å²) in [7, 11) is 0. The van der Waals surface area contributed by atoms with E-state index in [-0.39, 0.29) is 23.8 Å². The molecule has 9 heteroatoms. The lowest BCUT2D eigenvalue weighted by molar-refractivity contribution is 0.0431. The summed E-state index contributed by atoms with van der Waals surface area (Å²) < 4.78 is 15.4. The number of nitrogens with one attached hydrogen (secondary N) is 1. The highest BCUT2D eigenvalue weighted by Gasteiger charge is 2.18. The van der Waals surface area contributed by atoms with E-state index in [2.05, 4.69) is 15.5 Å². The van der Waals surface area contributed by atoms with Crippen LogP contribution in [0.5, 0.6) is 0 Å². The molecule has 1 amide bonds. The number of thiophene rings is 1. The fraction of sp³-hybridized carbons (Fsp3) is 0.0526. The van der Waals surface area contributed by atoms with Gasteiger partial charge in [-0.05, 0) is 35.7 Å². The third kappa shape index (κ3) is 3.84. The van der Waals surface area contributed by atoms with Crippen molar-refractivity contribution in [1.82, 2.24) is 10.1 Å². The number of nitrogens with zero attached hydrogens (tertiary/aromatic N) is 2. The number of esters is 1. The molecule has 0 atom stereocenters. The number of rotatable bonds is 6. The Morgan fingerprint density at radius 2 is 2.04 bits per heavy atom. The molecule has 0 saturated heterocycles. The zero-order valence-corrected chi connectivity index (χ0v) is 15.1. The highest BCUT2D eigenvalue weighted by atomic mass is 32.1. The van der Waals surface area contributed by atoms with Gasteiger partial charge in [0.15, 0.2) is 12.4 Å². The molecule has 1 aromatic carbocycles. The van der Waals surface area contributed by atoms with E-state index in [9.17, 15) is 9.59 Å². The number of carbonyl (C=O) groups is 2. The van der Waals surface area contributed by atoms with Crippen LogP contribution in [0, 0.1) is 0 Å². The maximum atomic E-state index is 12.5. The first-order valence-electron chi connectivity index (χ1n) is 8.17. The van der Waals surface area contributed by atoms with Crippen LogP contribution in [-0.2, 0) is 11.3 Å². The Morgan fingerprint density at radius 1 is 1.14 bits per heavy atom. The Labute approximate surface area is 162 Å². The van der Waals surface area contributed by atoms with Crippen molar-refractivity contribution in [3.63, 3.8) is 0 Å². The number of furan rings is 1. The summed E-state index contributed by atoms with van der Waals surface area (Å²) in [5, 5.41) is 10.3. The van der Waals surface area contributed by atoms with Gasteiger partial charge in [0, 0.05) is 10.9 Å². The molecule has 0 aliphatic carbocycles. The predicted octanol–water partition coefficient (Wildman–Crippen LogP) is 4.00. The van der Waals surface area contributed by atoms with Gasteiger partial charge in [-0.25, -0.2) is 4.79 Å². The molecule has 0 bridgehead atoms. The fourth-order valence-electron chi connectivity index (χ4n) is 2.39. The van der Waals surface area contributed by atoms with Crippen LogP contribution in [0.3, 0.4) is 0 Å². The van der Waals surface area contributed by atoms with Crippen molar-refractivity contribution in [2.45, 2.75) is 6.61 Å². The molecule has 140 valence electrons. The van der Waals surface area contributed by atoms with Crippen LogP contribution in [0.4, 0.5) is 5.69 Å². The number of aromatic nitrogens is 2. The van der Waals surface area contributed by atoms with Crippen molar-refractivity contribution in [3.05, 3.63) is 76.7 Å². The summed E-state index contributed by atoms with van der Waals surface area (Å²) in [6.45, 7) is -0.184. The molecule has 0 aliphatic heterocycles. The van der Waals surface area contributed by atoms with Crippen molar-refractivity contribution >= 4 is 28.9 Å². The zero-order chi connectivity index (χ0) is 19.3. The Kier molecular flexibility index (Phi) is 4.98. The Morgan fingerprint density at radius 3 is 2.82 bits per heavy atom. The largest absolute Gasteiger partial charge is 0.459 e. The van der Waals surface area contributed by atoms with Gasteiger partial charge in [-0.2, -0.15) is 16.3 Å². The third-order valence-electron chi connectivity index (χ3n) is 3.71. The summed E-state index contributed by atoms with van der Waals surface area (Å²) >= 11 is 1.52. The lowest BCUT2D eigenvalue weighted by Crippen LogP contribution is -2.15. The van der Waals surface area contributed by atoms with Gasteiger partial charge in [0.2, 0.25) is 5.82 Å². The monoisotopic (exact) mass is 395 g/mol. The average Bonchev–Trinajstić information content (AvgIpc) is 3.48. The molecule has 8 nitrogen and oxygen atoms in total. The molecule has 0 unspecified atom stereocenters. The van der Waals surface area contributed by atoms with Gasteiger partial charge in [0.1, 0.15) is 0 Å². The van der Waals surface area contributed by atoms with Crippen LogP contribution in [0.1, 0.15) is 26.8 Å². The normalized spacial score (nSPS) is 10.6. The van der Waals surface area contributed by atoms with Crippen LogP contribution in [0.25, 0.3) is 11.4 Å². The highest BCUT2D eigenvalue weighted by molar-refractivity contribution is 7.08. The fourth-order valence-corrected chi connectivity index (χ4v) is 3.02. The molecule has 3 aromatic heterocycles. The number of anilines is 1. The second-order valence-corrected chi connectivity index (χ2v) is 6.36. The summed E-state index contributed by atoms with van der Waals surface area (Å²) in [6.07, 6.45) is 1.39. The van der Waals surface area contributed by atoms with Gasteiger partial charge in [-0.15, -0.1) is 0 Å². The number of para-hydroxylation sites is 1. The molecule has 4 rings (SSSR count). The van der Waals surface area contributed by atoms with Crippen LogP contribution in [0.2, 0.25) is 0 Å². The number of hydrogen-bond donors (Lipinski definition) is 1. The quantitative estimate of drug-likeness (QED) is 0.492. The summed E-state index contributed by atoms with van der Waals surface area (Å²) in [4.78, 5) is 28.8. The number of carbonyl (C=O) groups excluding carboxylic acids is 2. The van der Waals surface area contributed by atoms with E-state index in [1.54, 1.807) is 30.3 Å². The molecule has 4 aromatic rings. The molecular weight excluding hydrogens is 382 g/mol. The number of ether oxygens (including phenoxy) is 1. The van der Waals surface area contributed by atoms with Crippen molar-refractivity contribution in [2.24, 2.45) is 0 Å². The topological polar surface area (TPSA) is 107 Å². The Bertz CT molecular complexity index is 1090. The molecule has 0 aliphatic rings. The molecule has 0 spiro atoms. The molecule has 28 heavy (non-hydrogen) atoms. The number of amides is 1. The second kappa shape index (κ2) is 7.89. The Balaban J connectivity index is 1.43. The first kappa shape index (κ1) is 17.7. The van der Waals surface area contributed by atoms with Crippen LogP contribution < -0.4 is 5.32 Å². The number of benzene rings is 1. The summed E-state index contributed by atoms with van der Waals surface area (Å²) in [5.41, 5.74) is 1.33. The van der Waals surface area contributed by atoms with E-state index in [0.717, 1.165) is 5.56 Å². The SMILES string of the molecule is O=C(Nc1ccccc1C(=O)OCc1nc(-c2ccsc2)no1)c1ccco1. The van der Waals surface area contributed by atoms with Gasteiger partial charge >= 0.3 is 5.97 Å². The van der Waals surface area contributed by atoms with Crippen molar-refractivity contribution in [2.75, 3.05) is 5.32 Å². The molecule has 0 fully saturated rings. The molecule has 3 heterocycles. The van der Waals surface area contributed by atoms with Crippen LogP contribution in [-0.4, -0.2) is 22.0 Å². The van der Waals surface area contributed by atoms with Gasteiger partial charge in [-0.3, -0.25) is 4.79 Å². The minimum atomic E-state index is -0.634. The molecule has 1 N–H and O–H groups in total. The lowest BCUT2D eigenvalue weighted by atomic mass is 10.1. The van der Waals surface area contributed by atoms with Gasteiger partial charge in [-0.1, -0.05) is 17.3 Å². The van der Waals surface area contributed by atoms with Crippen LogP contribution >= 0.6 is 11.3 Å². The maximum absolute atomic E-state index is 12.5. The van der Waals surface area contributed by atoms with Crippen molar-refractivity contribution in [1.29, 1.82) is 0 Å². The molecule has 0 radical (unpaired) electrons. The van der Waals surface area contributed by atoms with Crippen molar-refractivity contribution in [3.8, 4) is 11.4 Å². The van der Waals surface area contributed by atoms with Gasteiger partial charge in [0.05, 0.1) is 17.5 Å². The summed E-state index contributed by atoms with van der Waals surface area (Å²) in [6, 6.07) is 11.5. The minimum absolute atomic E-state index is 0.134. The third-order valence-corrected chi connectivity index (χ3v) is 4.40. The molecular formula is C19H13N3O5S. The Hall–Kier alpha value is -3.72. The van der Waals surface area contributed by atoms with E-state index >= 15 is 0 Å². The average molecular weight is 395 g/mol. The van der Waals surface area contributed by atoms with E-state index in [0.29, 0.717) is 11.5 Å². The van der Waals surface area contributed by atoms with E-state index in [1.807, 2.05) is 16.8 Å². The molecule has 0 saturated carbocycles. The smallest absolute Gasteiger partial charge is 0.340 e. The first-order valence-corrected chi connectivity index (χ1v) is 9.11. The second-order valence-electron chi connectivity index (χ2n) is 5.58. The summed E-state index contributed by atoms with van der Waals surface area (Å²) in [5.74, 6) is -0.367. The van der Waals surface area contributed by atoms with Gasteiger partial charge in [0.25, 0.3) is 11.8 Å². The van der Waals surface area contributed by atoms with E-state index in [1.165, 1.54) is 23.7 Å². The zero-order valence-electron chi connectivity index (χ0n) is 14.3. The number of hydrogen-bond acceptors (Lipinski definition) is 8. The van der Waals surface area contributed by atoms with E-state index in [4.69, 9.17) is 13.7 Å². The standard InChI is InChI=1S/C19H13N3O5S/c23-18(15-6-3-8-25-15)20-14-5-2-1-4-13(14)19(24)26-10-16-21-17(22-27-16)12-7-9-28-11-12/h1-9,11H,10H2,(H,20,23). The predicted molar refractivity (Wildman–Crippen MR) is 99.8 cm³/mol. The first-order chi connectivity index (χ1) is 13.7. The lowest BCUT2D eigenvalue weighted by Gasteiger charge is -2.09.